The lowest BCUT2D eigenvalue weighted by molar-refractivity contribution is 0.0732. The van der Waals surface area contributed by atoms with E-state index >= 15 is 0 Å². The number of hydrogen-bond acceptors (Lipinski definition) is 4. The van der Waals surface area contributed by atoms with Crippen molar-refractivity contribution in [1.29, 1.82) is 0 Å². The number of aromatic nitrogens is 4. The van der Waals surface area contributed by atoms with E-state index in [4.69, 9.17) is 0 Å². The molecule has 5 rings (SSSR count). The zero-order chi connectivity index (χ0) is 18.9. The van der Waals surface area contributed by atoms with Crippen LogP contribution in [0.1, 0.15) is 34.9 Å². The van der Waals surface area contributed by atoms with Crippen molar-refractivity contribution in [2.75, 3.05) is 6.54 Å². The molecule has 138 valence electrons. The normalized spacial score (nSPS) is 16.6. The van der Waals surface area contributed by atoms with Crippen molar-refractivity contribution in [2.24, 2.45) is 0 Å². The molecule has 6 nitrogen and oxygen atoms in total. The number of likely N-dealkylation sites (tertiary alicyclic amines) is 1. The third-order valence-corrected chi connectivity index (χ3v) is 5.31. The van der Waals surface area contributed by atoms with Crippen LogP contribution in [0, 0.1) is 0 Å². The number of amides is 1. The second-order valence-electron chi connectivity index (χ2n) is 6.91. The van der Waals surface area contributed by atoms with E-state index < -0.39 is 0 Å². The highest BCUT2D eigenvalue weighted by atomic mass is 16.2. The first-order chi connectivity index (χ1) is 13.8. The number of carbonyl (C=O) groups excluding carboxylic acids is 1. The highest BCUT2D eigenvalue weighted by molar-refractivity contribution is 6.01. The van der Waals surface area contributed by atoms with Gasteiger partial charge >= 0.3 is 0 Å². The van der Waals surface area contributed by atoms with Crippen LogP contribution in [-0.4, -0.2) is 36.9 Å². The summed E-state index contributed by atoms with van der Waals surface area (Å²) in [5, 5.41) is 4.30. The van der Waals surface area contributed by atoms with Crippen molar-refractivity contribution in [3.8, 4) is 11.1 Å². The average Bonchev–Trinajstić information content (AvgIpc) is 3.43. The lowest BCUT2D eigenvalue weighted by Gasteiger charge is -2.26. The predicted molar refractivity (Wildman–Crippen MR) is 106 cm³/mol. The molecule has 1 aliphatic heterocycles. The van der Waals surface area contributed by atoms with Crippen LogP contribution < -0.4 is 0 Å². The summed E-state index contributed by atoms with van der Waals surface area (Å²) in [6.45, 7) is 0.727. The van der Waals surface area contributed by atoms with Gasteiger partial charge in [-0.1, -0.05) is 48.5 Å². The third-order valence-electron chi connectivity index (χ3n) is 5.31. The van der Waals surface area contributed by atoms with E-state index in [1.807, 2.05) is 65.6 Å². The molecule has 0 N–H and O–H groups in total. The van der Waals surface area contributed by atoms with E-state index in [0.29, 0.717) is 5.78 Å². The molecule has 0 bridgehead atoms. The fraction of sp³-hybridized carbons (Fsp3) is 0.182. The first-order valence-corrected chi connectivity index (χ1v) is 9.43. The molecule has 1 amide bonds. The van der Waals surface area contributed by atoms with Crippen molar-refractivity contribution in [2.45, 2.75) is 18.9 Å². The summed E-state index contributed by atoms with van der Waals surface area (Å²) in [5.41, 5.74) is 3.68. The van der Waals surface area contributed by atoms with Crippen LogP contribution in [0.15, 0.2) is 73.2 Å². The zero-order valence-electron chi connectivity index (χ0n) is 15.3. The molecular formula is C22H19N5O. The molecule has 0 aliphatic carbocycles. The van der Waals surface area contributed by atoms with Crippen LogP contribution in [0.5, 0.6) is 0 Å². The molecule has 3 heterocycles. The van der Waals surface area contributed by atoms with E-state index in [1.54, 1.807) is 10.7 Å². The second-order valence-corrected chi connectivity index (χ2v) is 6.91. The van der Waals surface area contributed by atoms with Crippen molar-refractivity contribution in [3.05, 3.63) is 84.4 Å². The number of fused-ring (bicyclic) bond motifs is 1. The summed E-state index contributed by atoms with van der Waals surface area (Å²) < 4.78 is 1.74. The highest BCUT2D eigenvalue weighted by Gasteiger charge is 2.33. The van der Waals surface area contributed by atoms with Crippen molar-refractivity contribution in [3.63, 3.8) is 0 Å². The molecule has 0 unspecified atom stereocenters. The van der Waals surface area contributed by atoms with Crippen LogP contribution in [0.25, 0.3) is 16.9 Å². The van der Waals surface area contributed by atoms with Gasteiger partial charge in [-0.05, 0) is 36.1 Å². The maximum atomic E-state index is 13.6. The Balaban J connectivity index is 1.55. The summed E-state index contributed by atoms with van der Waals surface area (Å²) in [5.74, 6) is 0.605. The van der Waals surface area contributed by atoms with E-state index in [0.717, 1.165) is 41.8 Å². The molecule has 1 saturated heterocycles. The summed E-state index contributed by atoms with van der Waals surface area (Å²) in [7, 11) is 0. The van der Waals surface area contributed by atoms with Crippen LogP contribution in [0.3, 0.4) is 0 Å². The monoisotopic (exact) mass is 369 g/mol. The Morgan fingerprint density at radius 1 is 0.964 bits per heavy atom. The molecule has 0 saturated carbocycles. The van der Waals surface area contributed by atoms with Crippen molar-refractivity contribution < 1.29 is 4.79 Å². The average molecular weight is 369 g/mol. The zero-order valence-corrected chi connectivity index (χ0v) is 15.3. The molecule has 2 aromatic carbocycles. The van der Waals surface area contributed by atoms with Crippen molar-refractivity contribution in [1.82, 2.24) is 24.5 Å². The van der Waals surface area contributed by atoms with Gasteiger partial charge in [-0.15, -0.1) is 0 Å². The maximum Gasteiger partial charge on any atom is 0.255 e. The molecule has 0 radical (unpaired) electrons. The lowest BCUT2D eigenvalue weighted by Crippen LogP contribution is -2.32. The molecule has 1 aliphatic rings. The Labute approximate surface area is 162 Å². The van der Waals surface area contributed by atoms with Crippen LogP contribution in [-0.2, 0) is 0 Å². The molecular weight excluding hydrogens is 350 g/mol. The minimum absolute atomic E-state index is 0.0384. The smallest absolute Gasteiger partial charge is 0.255 e. The summed E-state index contributed by atoms with van der Waals surface area (Å²) in [6, 6.07) is 19.8. The van der Waals surface area contributed by atoms with E-state index in [9.17, 15) is 4.79 Å². The van der Waals surface area contributed by atoms with Crippen LogP contribution in [0.4, 0.5) is 0 Å². The quantitative estimate of drug-likeness (QED) is 0.551. The van der Waals surface area contributed by atoms with Gasteiger partial charge in [0.2, 0.25) is 0 Å². The van der Waals surface area contributed by atoms with E-state index in [-0.39, 0.29) is 11.9 Å². The number of hydrogen-bond donors (Lipinski definition) is 0. The molecule has 28 heavy (non-hydrogen) atoms. The van der Waals surface area contributed by atoms with Gasteiger partial charge in [0.15, 0.2) is 0 Å². The topological polar surface area (TPSA) is 63.4 Å². The van der Waals surface area contributed by atoms with Gasteiger partial charge in [-0.3, -0.25) is 4.79 Å². The third kappa shape index (κ3) is 2.74. The fourth-order valence-corrected chi connectivity index (χ4v) is 4.02. The molecule has 6 heteroatoms. The number of carbonyl (C=O) groups is 1. The molecule has 4 aromatic rings. The second kappa shape index (κ2) is 6.88. The minimum atomic E-state index is -0.0384. The van der Waals surface area contributed by atoms with Gasteiger partial charge < -0.3 is 4.90 Å². The van der Waals surface area contributed by atoms with Gasteiger partial charge in [-0.25, -0.2) is 4.98 Å². The van der Waals surface area contributed by atoms with E-state index in [1.165, 1.54) is 6.33 Å². The Morgan fingerprint density at radius 3 is 2.68 bits per heavy atom. The van der Waals surface area contributed by atoms with Gasteiger partial charge in [0, 0.05) is 18.3 Å². The fourth-order valence-electron chi connectivity index (χ4n) is 4.02. The number of benzene rings is 2. The van der Waals surface area contributed by atoms with Gasteiger partial charge in [0.25, 0.3) is 11.7 Å². The van der Waals surface area contributed by atoms with Gasteiger partial charge in [-0.2, -0.15) is 14.6 Å². The number of rotatable bonds is 3. The van der Waals surface area contributed by atoms with Crippen molar-refractivity contribution >= 4 is 11.7 Å². The summed E-state index contributed by atoms with van der Waals surface area (Å²) in [4.78, 5) is 23.9. The lowest BCUT2D eigenvalue weighted by atomic mass is 9.98. The van der Waals surface area contributed by atoms with Crippen LogP contribution >= 0.6 is 0 Å². The number of nitrogens with zero attached hydrogens (tertiary/aromatic N) is 5. The highest BCUT2D eigenvalue weighted by Crippen LogP contribution is 2.34. The Morgan fingerprint density at radius 2 is 1.79 bits per heavy atom. The molecule has 2 aromatic heterocycles. The summed E-state index contributed by atoms with van der Waals surface area (Å²) in [6.07, 6.45) is 5.09. The van der Waals surface area contributed by atoms with Gasteiger partial charge in [0.1, 0.15) is 6.33 Å². The molecule has 1 fully saturated rings. The standard InChI is InChI=1S/C22H19N5O/c28-21(18-10-5-4-9-17(18)16-7-2-1-3-8-16)26-14-6-11-19(26)20-12-13-23-22-24-15-25-27(20)22/h1-5,7-10,12-13,15,19H,6,11,14H2/t19-/m0/s1. The minimum Gasteiger partial charge on any atom is -0.330 e. The first kappa shape index (κ1) is 16.6. The SMILES string of the molecule is O=C(c1ccccc1-c1ccccc1)N1CCC[C@H]1c1ccnc2ncnn12. The maximum absolute atomic E-state index is 13.6. The first-order valence-electron chi connectivity index (χ1n) is 9.43. The summed E-state index contributed by atoms with van der Waals surface area (Å²) >= 11 is 0. The van der Waals surface area contributed by atoms with E-state index in [2.05, 4.69) is 15.1 Å². The van der Waals surface area contributed by atoms with Gasteiger partial charge in [0.05, 0.1) is 11.7 Å². The Kier molecular flexibility index (Phi) is 4.09. The molecule has 0 spiro atoms. The Hall–Kier alpha value is -3.54. The Bertz CT molecular complexity index is 1140. The van der Waals surface area contributed by atoms with Crippen LogP contribution in [0.2, 0.25) is 0 Å². The predicted octanol–water partition coefficient (Wildman–Crippen LogP) is 3.77. The largest absolute Gasteiger partial charge is 0.330 e. The molecule has 1 atom stereocenters.